The van der Waals surface area contributed by atoms with Crippen molar-refractivity contribution in [3.8, 4) is 23.1 Å². The van der Waals surface area contributed by atoms with Crippen LogP contribution in [0.5, 0.6) is 5.75 Å². The lowest BCUT2D eigenvalue weighted by molar-refractivity contribution is -0.112. The molecular weight excluding hydrogens is 416 g/mol. The van der Waals surface area contributed by atoms with Crippen molar-refractivity contribution < 1.29 is 19.1 Å². The van der Waals surface area contributed by atoms with Crippen LogP contribution < -0.4 is 10.1 Å². The van der Waals surface area contributed by atoms with Crippen molar-refractivity contribution in [3.05, 3.63) is 58.6 Å². The van der Waals surface area contributed by atoms with E-state index in [1.165, 1.54) is 23.6 Å². The number of methoxy groups -OCH3 is 1. The van der Waals surface area contributed by atoms with Crippen LogP contribution in [0.3, 0.4) is 0 Å². The zero-order valence-electron chi connectivity index (χ0n) is 17.1. The van der Waals surface area contributed by atoms with Crippen LogP contribution in [0, 0.1) is 11.3 Å². The number of H-pyrrole nitrogens is 1. The second-order valence-electron chi connectivity index (χ2n) is 6.67. The smallest absolute Gasteiger partial charge is 0.341 e. The second kappa shape index (κ2) is 9.73. The summed E-state index contributed by atoms with van der Waals surface area (Å²) in [6.45, 7) is 3.48. The maximum atomic E-state index is 12.7. The summed E-state index contributed by atoms with van der Waals surface area (Å²) in [5.41, 5.74) is 2.15. The summed E-state index contributed by atoms with van der Waals surface area (Å²) < 4.78 is 10.3. The number of rotatable bonds is 7. The summed E-state index contributed by atoms with van der Waals surface area (Å²) >= 11 is 1.17. The monoisotopic (exact) mass is 436 g/mol. The van der Waals surface area contributed by atoms with Crippen molar-refractivity contribution >= 4 is 34.3 Å². The first-order valence-corrected chi connectivity index (χ1v) is 10.2. The highest BCUT2D eigenvalue weighted by Crippen LogP contribution is 2.27. The number of thiophene rings is 1. The quantitative estimate of drug-likeness (QED) is 0.325. The van der Waals surface area contributed by atoms with E-state index < -0.39 is 11.9 Å². The molecule has 9 heteroatoms. The molecule has 0 unspecified atom stereocenters. The number of amides is 1. The molecule has 3 rings (SSSR count). The molecule has 0 radical (unpaired) electrons. The molecule has 8 nitrogen and oxygen atoms in total. The summed E-state index contributed by atoms with van der Waals surface area (Å²) in [5, 5.41) is 21.1. The normalized spacial score (nSPS) is 11.1. The topological polar surface area (TPSA) is 117 Å². The minimum absolute atomic E-state index is 0.132. The van der Waals surface area contributed by atoms with Crippen molar-refractivity contribution in [2.24, 2.45) is 0 Å². The van der Waals surface area contributed by atoms with Gasteiger partial charge in [0.05, 0.1) is 30.7 Å². The number of aromatic amines is 1. The molecule has 31 heavy (non-hydrogen) atoms. The van der Waals surface area contributed by atoms with E-state index in [4.69, 9.17) is 9.47 Å². The predicted octanol–water partition coefficient (Wildman–Crippen LogP) is 4.26. The Balaban J connectivity index is 1.83. The van der Waals surface area contributed by atoms with Gasteiger partial charge in [0.2, 0.25) is 0 Å². The number of aromatic nitrogens is 2. The lowest BCUT2D eigenvalue weighted by atomic mass is 10.1. The van der Waals surface area contributed by atoms with Crippen LogP contribution in [0.1, 0.15) is 29.8 Å². The molecule has 0 aliphatic carbocycles. The Morgan fingerprint density at radius 1 is 1.26 bits per heavy atom. The van der Waals surface area contributed by atoms with Crippen LogP contribution in [-0.2, 0) is 9.53 Å². The van der Waals surface area contributed by atoms with Crippen LogP contribution in [0.15, 0.2) is 47.5 Å². The van der Waals surface area contributed by atoms with Gasteiger partial charge in [0.15, 0.2) is 0 Å². The molecule has 0 aliphatic rings. The third-order valence-corrected chi connectivity index (χ3v) is 5.00. The number of nitrogens with one attached hydrogen (secondary N) is 2. The lowest BCUT2D eigenvalue weighted by Gasteiger charge is -2.09. The third kappa shape index (κ3) is 5.18. The van der Waals surface area contributed by atoms with Gasteiger partial charge in [-0.1, -0.05) is 0 Å². The Morgan fingerprint density at radius 2 is 2.00 bits per heavy atom. The molecule has 158 valence electrons. The molecule has 2 N–H and O–H groups in total. The predicted molar refractivity (Wildman–Crippen MR) is 118 cm³/mol. The van der Waals surface area contributed by atoms with Gasteiger partial charge in [-0.05, 0) is 55.6 Å². The zero-order chi connectivity index (χ0) is 22.4. The van der Waals surface area contributed by atoms with Crippen molar-refractivity contribution in [2.75, 3.05) is 12.4 Å². The van der Waals surface area contributed by atoms with Gasteiger partial charge in [-0.15, -0.1) is 11.3 Å². The van der Waals surface area contributed by atoms with Gasteiger partial charge >= 0.3 is 5.97 Å². The molecule has 0 spiro atoms. The maximum Gasteiger partial charge on any atom is 0.341 e. The number of nitriles is 1. The van der Waals surface area contributed by atoms with Gasteiger partial charge in [0.1, 0.15) is 22.4 Å². The van der Waals surface area contributed by atoms with Crippen LogP contribution in [0.4, 0.5) is 5.00 Å². The molecule has 0 saturated carbocycles. The summed E-state index contributed by atoms with van der Waals surface area (Å²) in [7, 11) is 1.58. The fourth-order valence-corrected chi connectivity index (χ4v) is 3.48. The van der Waals surface area contributed by atoms with Crippen LogP contribution in [0.2, 0.25) is 0 Å². The molecule has 0 aliphatic heterocycles. The molecular formula is C22H20N4O4S. The summed E-state index contributed by atoms with van der Waals surface area (Å²) in [5.74, 6) is -0.462. The SMILES string of the molecule is COc1ccc(-c2[nH]ncc2C=C(C#N)C(=O)Nc2sccc2C(=O)OC(C)C)cc1. The molecule has 0 atom stereocenters. The number of anilines is 1. The van der Waals surface area contributed by atoms with E-state index >= 15 is 0 Å². The van der Waals surface area contributed by atoms with Crippen LogP contribution >= 0.6 is 11.3 Å². The Kier molecular flexibility index (Phi) is 6.85. The largest absolute Gasteiger partial charge is 0.497 e. The maximum absolute atomic E-state index is 12.7. The first-order chi connectivity index (χ1) is 14.9. The number of esters is 1. The molecule has 0 fully saturated rings. The average molecular weight is 436 g/mol. The van der Waals surface area contributed by atoms with Crippen molar-refractivity contribution in [1.29, 1.82) is 5.26 Å². The Hall–Kier alpha value is -3.90. The standard InChI is InChI=1S/C22H20N4O4S/c1-13(2)30-22(28)18-8-9-31-21(18)25-20(27)15(11-23)10-16-12-24-26-19(16)14-4-6-17(29-3)7-5-14/h4-10,12-13H,1-3H3,(H,24,26)(H,25,27). The molecule has 1 aromatic carbocycles. The molecule has 2 aromatic heterocycles. The summed E-state index contributed by atoms with van der Waals surface area (Å²) in [4.78, 5) is 24.9. The highest BCUT2D eigenvalue weighted by Gasteiger charge is 2.19. The van der Waals surface area contributed by atoms with E-state index in [9.17, 15) is 14.9 Å². The zero-order valence-corrected chi connectivity index (χ0v) is 17.9. The first-order valence-electron chi connectivity index (χ1n) is 9.32. The fourth-order valence-electron chi connectivity index (χ4n) is 2.71. The van der Waals surface area contributed by atoms with Gasteiger partial charge in [-0.25, -0.2) is 4.79 Å². The number of ether oxygens (including phenoxy) is 2. The van der Waals surface area contributed by atoms with Crippen molar-refractivity contribution in [1.82, 2.24) is 10.2 Å². The highest BCUT2D eigenvalue weighted by molar-refractivity contribution is 7.14. The third-order valence-electron chi connectivity index (χ3n) is 4.17. The van der Waals surface area contributed by atoms with E-state index in [1.807, 2.05) is 18.2 Å². The van der Waals surface area contributed by atoms with Crippen molar-refractivity contribution in [3.63, 3.8) is 0 Å². The van der Waals surface area contributed by atoms with Gasteiger partial charge < -0.3 is 14.8 Å². The Bertz CT molecular complexity index is 1150. The second-order valence-corrected chi connectivity index (χ2v) is 7.59. The van der Waals surface area contributed by atoms with Gasteiger partial charge in [-0.2, -0.15) is 10.4 Å². The molecule has 1 amide bonds. The Morgan fingerprint density at radius 3 is 2.65 bits per heavy atom. The molecule has 3 aromatic rings. The minimum atomic E-state index is -0.634. The molecule has 2 heterocycles. The highest BCUT2D eigenvalue weighted by atomic mass is 32.1. The van der Waals surface area contributed by atoms with Gasteiger partial charge in [0, 0.05) is 11.1 Å². The van der Waals surface area contributed by atoms with Gasteiger partial charge in [0.25, 0.3) is 5.91 Å². The number of hydrogen-bond donors (Lipinski definition) is 2. The number of carbonyl (C=O) groups excluding carboxylic acids is 2. The number of nitrogens with zero attached hydrogens (tertiary/aromatic N) is 2. The van der Waals surface area contributed by atoms with Crippen molar-refractivity contribution in [2.45, 2.75) is 20.0 Å². The molecule has 0 bridgehead atoms. The fraction of sp³-hybridized carbons (Fsp3) is 0.182. The first kappa shape index (κ1) is 21.8. The molecule has 0 saturated heterocycles. The van der Waals surface area contributed by atoms with E-state index in [0.29, 0.717) is 22.0 Å². The van der Waals surface area contributed by atoms with E-state index in [-0.39, 0.29) is 17.2 Å². The van der Waals surface area contributed by atoms with Crippen LogP contribution in [-0.4, -0.2) is 35.3 Å². The summed E-state index contributed by atoms with van der Waals surface area (Å²) in [6, 6.07) is 10.8. The minimum Gasteiger partial charge on any atom is -0.497 e. The van der Waals surface area contributed by atoms with Crippen LogP contribution in [0.25, 0.3) is 17.3 Å². The van der Waals surface area contributed by atoms with E-state index in [1.54, 1.807) is 44.5 Å². The van der Waals surface area contributed by atoms with Gasteiger partial charge in [-0.3, -0.25) is 9.89 Å². The lowest BCUT2D eigenvalue weighted by Crippen LogP contribution is -2.17. The van der Waals surface area contributed by atoms with E-state index in [2.05, 4.69) is 15.5 Å². The number of benzene rings is 1. The van der Waals surface area contributed by atoms with E-state index in [0.717, 1.165) is 5.56 Å². The Labute approximate surface area is 183 Å². The summed E-state index contributed by atoms with van der Waals surface area (Å²) in [6.07, 6.45) is 2.68. The number of hydrogen-bond acceptors (Lipinski definition) is 7. The average Bonchev–Trinajstić information content (AvgIpc) is 3.40. The number of carbonyl (C=O) groups is 2.